The van der Waals surface area contributed by atoms with Crippen LogP contribution in [0.4, 0.5) is 0 Å². The number of aliphatic hydroxyl groups excluding tert-OH is 3. The number of ketones is 1. The molecule has 1 heterocycles. The Balaban J connectivity index is 0.0000281. The van der Waals surface area contributed by atoms with Gasteiger partial charge >= 0.3 is 0 Å². The number of unbranched alkanes of at least 4 members (excludes halogenated alkanes) is 25. The average molecular weight is 791 g/mol. The van der Waals surface area contributed by atoms with Crippen LogP contribution in [0.25, 0.3) is 0 Å². The van der Waals surface area contributed by atoms with Crippen molar-refractivity contribution in [1.29, 1.82) is 0 Å². The molecule has 322 valence electrons. The van der Waals surface area contributed by atoms with E-state index < -0.39 is 36.3 Å². The van der Waals surface area contributed by atoms with E-state index in [9.17, 15) is 24.9 Å². The lowest BCUT2D eigenvalue weighted by Gasteiger charge is -2.51. The first-order valence-electron chi connectivity index (χ1n) is 22.6. The van der Waals surface area contributed by atoms with Crippen LogP contribution in [0, 0.1) is 5.92 Å². The fraction of sp³-hybridized carbons (Fsp3) is 0.955. The molecular weight excluding hydrogens is 702 g/mol. The maximum absolute atomic E-state index is 13.8. The summed E-state index contributed by atoms with van der Waals surface area (Å²) in [6.07, 6.45) is 26.9. The van der Waals surface area contributed by atoms with Crippen molar-refractivity contribution in [3.63, 3.8) is 0 Å². The average Bonchev–Trinajstić information content (AvgIpc) is 3.12. The molecule has 1 aliphatic rings. The van der Waals surface area contributed by atoms with E-state index in [1.54, 1.807) is 0 Å². The van der Waals surface area contributed by atoms with Crippen molar-refractivity contribution in [2.75, 3.05) is 6.54 Å². The second kappa shape index (κ2) is 33.2. The minimum Gasteiger partial charge on any atom is -0.388 e. The fourth-order valence-electron chi connectivity index (χ4n) is 7.80. The topological polar surface area (TPSA) is 159 Å². The molecule has 54 heavy (non-hydrogen) atoms. The van der Waals surface area contributed by atoms with Crippen LogP contribution in [-0.2, 0) is 14.3 Å². The number of Topliss-reactive ketones (excluding diaryl/α,β-unsaturated/α-hetero) is 1. The summed E-state index contributed by atoms with van der Waals surface area (Å²) in [5, 5.41) is 33.0. The van der Waals surface area contributed by atoms with Crippen LogP contribution in [-0.4, -0.2) is 74.8 Å². The van der Waals surface area contributed by atoms with Gasteiger partial charge in [-0.15, -0.1) is 12.4 Å². The number of nitrogens with two attached hydrogens (primary N) is 2. The number of hydrogen-bond acceptors (Lipinski definition) is 8. The lowest BCUT2D eigenvalue weighted by Crippen LogP contribution is -2.76. The second-order valence-corrected chi connectivity index (χ2v) is 16.9. The van der Waals surface area contributed by atoms with Crippen LogP contribution in [0.2, 0.25) is 0 Å². The molecule has 1 aliphatic heterocycles. The summed E-state index contributed by atoms with van der Waals surface area (Å²) in [6, 6.07) is -0.745. The third kappa shape index (κ3) is 22.8. The van der Waals surface area contributed by atoms with Crippen LogP contribution in [0.15, 0.2) is 0 Å². The minimum absolute atomic E-state index is 0. The van der Waals surface area contributed by atoms with Crippen LogP contribution in [0.3, 0.4) is 0 Å². The monoisotopic (exact) mass is 790 g/mol. The van der Waals surface area contributed by atoms with Gasteiger partial charge in [0.25, 0.3) is 0 Å². The maximum atomic E-state index is 13.8. The predicted octanol–water partition coefficient (Wildman–Crippen LogP) is 9.63. The molecule has 6 atom stereocenters. The molecule has 0 saturated carbocycles. The molecule has 9 nitrogen and oxygen atoms in total. The standard InChI is InChI=1S/C44H87N3O6.ClH/c1-5-7-9-11-13-15-17-19-20-21-22-24-26-28-30-32-40(49)47(33-31-29-27-25-23-18-16-14-12-10-8-6-2)44(46)43(52)42(51)41(50)39(53-44)35-38(48)37(45)34-36(3)4;/h36-37,39,41-43,50-52H,5-35,45-46H2,1-4H3;1H/t37-,39+,41+,42-,43+,44-;/m0./s1. The van der Waals surface area contributed by atoms with Crippen LogP contribution < -0.4 is 11.5 Å². The highest BCUT2D eigenvalue weighted by atomic mass is 35.5. The number of nitrogens with zero attached hydrogens (tertiary/aromatic N) is 1. The third-order valence-corrected chi connectivity index (χ3v) is 11.3. The smallest absolute Gasteiger partial charge is 0.227 e. The van der Waals surface area contributed by atoms with E-state index in [0.717, 1.165) is 38.5 Å². The molecule has 0 aromatic heterocycles. The Labute approximate surface area is 338 Å². The molecule has 1 amide bonds. The summed E-state index contributed by atoms with van der Waals surface area (Å²) < 4.78 is 6.11. The Hall–Kier alpha value is -0.810. The van der Waals surface area contributed by atoms with Crippen molar-refractivity contribution in [1.82, 2.24) is 4.90 Å². The van der Waals surface area contributed by atoms with E-state index in [0.29, 0.717) is 19.3 Å². The van der Waals surface area contributed by atoms with Crippen LogP contribution >= 0.6 is 12.4 Å². The van der Waals surface area contributed by atoms with E-state index in [2.05, 4.69) is 13.8 Å². The van der Waals surface area contributed by atoms with Gasteiger partial charge in [0, 0.05) is 19.4 Å². The quantitative estimate of drug-likeness (QED) is 0.0314. The minimum atomic E-state index is -2.07. The van der Waals surface area contributed by atoms with Crippen molar-refractivity contribution in [3.8, 4) is 0 Å². The highest BCUT2D eigenvalue weighted by molar-refractivity contribution is 5.85. The van der Waals surface area contributed by atoms with Gasteiger partial charge in [0.1, 0.15) is 18.3 Å². The Morgan fingerprint density at radius 3 is 1.39 bits per heavy atom. The summed E-state index contributed by atoms with van der Waals surface area (Å²) in [4.78, 5) is 28.2. The SMILES string of the molecule is CCCCCCCCCCCCCCCCCC(=O)N(CCCCCCCCCCCCCC)[C@]1(N)O[C@H](CC(=O)[C@@H](N)CC(C)C)[C@@H](O)[C@H](O)[C@H]1O.Cl. The van der Waals surface area contributed by atoms with Crippen molar-refractivity contribution in [3.05, 3.63) is 0 Å². The van der Waals surface area contributed by atoms with Gasteiger partial charge in [0.05, 0.1) is 12.1 Å². The first-order valence-corrected chi connectivity index (χ1v) is 22.6. The summed E-state index contributed by atoms with van der Waals surface area (Å²) in [7, 11) is 0. The number of carbonyl (C=O) groups is 2. The largest absolute Gasteiger partial charge is 0.388 e. The molecular formula is C44H88ClN3O6. The number of rotatable bonds is 35. The number of carbonyl (C=O) groups excluding carboxylic acids is 2. The zero-order chi connectivity index (χ0) is 39.3. The van der Waals surface area contributed by atoms with Gasteiger partial charge in [0.2, 0.25) is 11.8 Å². The molecule has 10 heteroatoms. The molecule has 0 unspecified atom stereocenters. The fourth-order valence-corrected chi connectivity index (χ4v) is 7.80. The zero-order valence-corrected chi connectivity index (χ0v) is 36.3. The van der Waals surface area contributed by atoms with Gasteiger partial charge in [-0.05, 0) is 25.2 Å². The van der Waals surface area contributed by atoms with Crippen LogP contribution in [0.1, 0.15) is 220 Å². The van der Waals surface area contributed by atoms with Gasteiger partial charge in [-0.1, -0.05) is 188 Å². The van der Waals surface area contributed by atoms with Gasteiger partial charge < -0.3 is 25.8 Å². The van der Waals surface area contributed by atoms with E-state index in [1.165, 1.54) is 127 Å². The van der Waals surface area contributed by atoms with E-state index in [4.69, 9.17) is 16.2 Å². The lowest BCUT2D eigenvalue weighted by molar-refractivity contribution is -0.309. The van der Waals surface area contributed by atoms with Gasteiger partial charge in [-0.3, -0.25) is 20.2 Å². The van der Waals surface area contributed by atoms with Crippen molar-refractivity contribution in [2.24, 2.45) is 17.4 Å². The molecule has 0 radical (unpaired) electrons. The summed E-state index contributed by atoms with van der Waals surface area (Å²) in [5.41, 5.74) is 12.9. The molecule has 0 bridgehead atoms. The molecule has 0 aromatic rings. The Kier molecular flexibility index (Phi) is 32.7. The number of ether oxygens (including phenoxy) is 1. The van der Waals surface area contributed by atoms with Crippen molar-refractivity contribution in [2.45, 2.75) is 257 Å². The third-order valence-electron chi connectivity index (χ3n) is 11.3. The van der Waals surface area contributed by atoms with Crippen molar-refractivity contribution >= 4 is 24.1 Å². The Morgan fingerprint density at radius 2 is 1.00 bits per heavy atom. The molecule has 0 aliphatic carbocycles. The van der Waals surface area contributed by atoms with Gasteiger partial charge in [0.15, 0.2) is 5.78 Å². The van der Waals surface area contributed by atoms with E-state index in [1.807, 2.05) is 13.8 Å². The number of hydrogen-bond donors (Lipinski definition) is 5. The summed E-state index contributed by atoms with van der Waals surface area (Å²) in [6.45, 7) is 8.72. The zero-order valence-electron chi connectivity index (χ0n) is 35.5. The normalized spacial score (nSPS) is 22.0. The molecule has 1 rings (SSSR count). The van der Waals surface area contributed by atoms with Gasteiger partial charge in [-0.2, -0.15) is 0 Å². The first-order chi connectivity index (χ1) is 25.5. The van der Waals surface area contributed by atoms with Crippen molar-refractivity contribution < 1.29 is 29.6 Å². The summed E-state index contributed by atoms with van der Waals surface area (Å²) >= 11 is 0. The number of halogens is 1. The molecule has 0 spiro atoms. The highest BCUT2D eigenvalue weighted by Crippen LogP contribution is 2.32. The Morgan fingerprint density at radius 1 is 0.630 bits per heavy atom. The number of amides is 1. The van der Waals surface area contributed by atoms with E-state index >= 15 is 0 Å². The molecule has 1 fully saturated rings. The number of aliphatic hydroxyl groups is 3. The summed E-state index contributed by atoms with van der Waals surface area (Å²) in [5.74, 6) is -2.42. The Bertz CT molecular complexity index is 914. The molecule has 7 N–H and O–H groups in total. The van der Waals surface area contributed by atoms with Gasteiger partial charge in [-0.25, -0.2) is 0 Å². The maximum Gasteiger partial charge on any atom is 0.227 e. The first kappa shape index (κ1) is 53.2. The molecule has 0 aromatic carbocycles. The van der Waals surface area contributed by atoms with E-state index in [-0.39, 0.29) is 49.4 Å². The molecule has 1 saturated heterocycles. The van der Waals surface area contributed by atoms with Crippen LogP contribution in [0.5, 0.6) is 0 Å². The highest BCUT2D eigenvalue weighted by Gasteiger charge is 2.56. The lowest BCUT2D eigenvalue weighted by atomic mass is 9.89. The second-order valence-electron chi connectivity index (χ2n) is 16.9. The predicted molar refractivity (Wildman–Crippen MR) is 226 cm³/mol.